The van der Waals surface area contributed by atoms with Gasteiger partial charge in [0.1, 0.15) is 21.6 Å². The van der Waals surface area contributed by atoms with E-state index in [0.717, 1.165) is 170 Å². The van der Waals surface area contributed by atoms with Crippen molar-refractivity contribution < 1.29 is 15.7 Å². The minimum atomic E-state index is -0.517. The Balaban J connectivity index is 0.000000108. The molecule has 127 heavy (non-hydrogen) atoms. The number of fused-ring (bicyclic) bond motifs is 24. The van der Waals surface area contributed by atoms with E-state index >= 15 is 0 Å². The van der Waals surface area contributed by atoms with Gasteiger partial charge in [-0.2, -0.15) is 10.2 Å². The van der Waals surface area contributed by atoms with Crippen molar-refractivity contribution in [1.82, 2.24) is 43.6 Å². The molecule has 0 fully saturated rings. The summed E-state index contributed by atoms with van der Waals surface area (Å²) in [6.07, 6.45) is 0. The molecule has 1 aliphatic carbocycles. The van der Waals surface area contributed by atoms with Crippen LogP contribution in [-0.2, 0) is 5.41 Å². The quantitative estimate of drug-likeness (QED) is 0.142. The van der Waals surface area contributed by atoms with Crippen LogP contribution in [-0.4, -0.2) is 43.6 Å². The van der Waals surface area contributed by atoms with E-state index in [2.05, 4.69) is 246 Å². The van der Waals surface area contributed by atoms with Gasteiger partial charge < -0.3 is 8.83 Å². The van der Waals surface area contributed by atoms with Gasteiger partial charge in [0.2, 0.25) is 23.6 Å². The summed E-state index contributed by atoms with van der Waals surface area (Å²) < 4.78 is 63.2. The fraction of sp³-hybridized carbons (Fsp3) is 0.0265. The predicted octanol–water partition coefficient (Wildman–Crippen LogP) is 29.7. The van der Waals surface area contributed by atoms with Crippen LogP contribution in [0.1, 0.15) is 37.5 Å². The Kier molecular flexibility index (Phi) is 15.2. The first-order valence-corrected chi connectivity index (χ1v) is 42.7. The predicted molar refractivity (Wildman–Crippen MR) is 519 cm³/mol. The Bertz CT molecular complexity index is 9560. The Labute approximate surface area is 736 Å². The van der Waals surface area contributed by atoms with Crippen molar-refractivity contribution in [1.29, 1.82) is 5.26 Å². The van der Waals surface area contributed by atoms with E-state index < -0.39 is 23.5 Å². The van der Waals surface area contributed by atoms with E-state index in [0.29, 0.717) is 51.6 Å². The monoisotopic (exact) mass is 1650 g/mol. The fourth-order valence-electron chi connectivity index (χ4n) is 19.2. The number of furan rings is 2. The number of hydrogen-bond acceptors (Lipinski definition) is 10. The van der Waals surface area contributed by atoms with Gasteiger partial charge in [-0.05, 0) is 164 Å². The highest BCUT2D eigenvalue weighted by Crippen LogP contribution is 2.52. The van der Waals surface area contributed by atoms with Crippen LogP contribution in [0.3, 0.4) is 0 Å². The van der Waals surface area contributed by atoms with Crippen LogP contribution in [0.5, 0.6) is 0 Å². The summed E-state index contributed by atoms with van der Waals surface area (Å²) in [6, 6.07) is 116. The molecular formula is C113H67N11O2S. The SMILES string of the molecule is N#Cc1ccc(-c2nc(-n3c4ccccc4c4cc5ccccc5cc43)nc3sc4ccccc4c23)cc1.[2H]c1c([2H])c([2H])c(-c2nc(-n3c4ccccc4c4cc5ccccc5cc43)nc3c2-c2ccccc2C3(C)C)c([2H])c1[2H].[C-]#[N+]c1ccc(-c2ccc3c(c2)oc2nc(-n4c5ccccc5c5cc6ccccc6cc54)nc(-c4ccc5oc6ccccc6c5c4)c23)cc1. The lowest BCUT2D eigenvalue weighted by Crippen LogP contribution is -2.18. The standard InChI is InChI=1S/C45H24N4O2.C35H25N3.C33H18N4S/c1-46-31-18-14-26(15-19-31)29-16-20-34-41(25-29)51-44-42(34)43(30-17-21-40-36(23-30)33-11-5-7-13-39(33)50-40)47-45(48-44)49-37-12-6-4-10-32(37)35-22-27-8-2-3-9-28(27)24-38(35)49;1-35(2)28-18-10-8-17-26(28)31-32(22-12-4-3-5-13-22)36-34(37-33(31)35)38-29-19-11-9-16-25(29)27-20-23-14-6-7-15-24(23)21-30(27)38;34-19-20-13-15-21(16-14-20)31-30-25-10-4-6-12-29(25)38-32(30)36-33(35-31)37-27-11-5-3-9-24(27)26-17-22-7-1-2-8-23(22)18-28(26)37/h2-25H;3-21H,1-2H3;1-18H/i;3D,4D,5D,12D,13D;. The molecule has 0 atom stereocenters. The van der Waals surface area contributed by atoms with Crippen LogP contribution < -0.4 is 0 Å². The minimum Gasteiger partial charge on any atom is -0.456 e. The number of hydrogen-bond donors (Lipinski definition) is 0. The molecule has 26 aromatic rings. The van der Waals surface area contributed by atoms with E-state index in [4.69, 9.17) is 52.2 Å². The fourth-order valence-corrected chi connectivity index (χ4v) is 20.2. The van der Waals surface area contributed by atoms with Crippen LogP contribution in [0.4, 0.5) is 5.69 Å². The summed E-state index contributed by atoms with van der Waals surface area (Å²) in [4.78, 5) is 35.9. The molecule has 0 saturated carbocycles. The van der Waals surface area contributed by atoms with Crippen molar-refractivity contribution in [2.45, 2.75) is 19.3 Å². The molecule has 14 heteroatoms. The van der Waals surface area contributed by atoms with E-state index in [1.807, 2.05) is 132 Å². The molecule has 0 saturated heterocycles. The molecule has 0 unspecified atom stereocenters. The van der Waals surface area contributed by atoms with E-state index in [-0.39, 0.29) is 17.6 Å². The van der Waals surface area contributed by atoms with Crippen molar-refractivity contribution in [3.63, 3.8) is 0 Å². The van der Waals surface area contributed by atoms with Crippen LogP contribution in [0.2, 0.25) is 0 Å². The molecule has 17 aromatic carbocycles. The number of nitrogens with zero attached hydrogens (tertiary/aromatic N) is 11. The molecule has 1 aliphatic rings. The highest BCUT2D eigenvalue weighted by molar-refractivity contribution is 7.25. The van der Waals surface area contributed by atoms with Gasteiger partial charge in [0, 0.05) is 91.6 Å². The maximum absolute atomic E-state index is 9.35. The minimum absolute atomic E-state index is 0.0737. The summed E-state index contributed by atoms with van der Waals surface area (Å²) in [5.74, 6) is 1.57. The normalized spacial score (nSPS) is 12.9. The van der Waals surface area contributed by atoms with Crippen molar-refractivity contribution in [2.24, 2.45) is 0 Å². The number of benzene rings is 17. The zero-order valence-corrected chi connectivity index (χ0v) is 68.8. The molecule has 0 bridgehead atoms. The Morgan fingerprint density at radius 1 is 0.362 bits per heavy atom. The lowest BCUT2D eigenvalue weighted by molar-refractivity contribution is 0.632. The third-order valence-electron chi connectivity index (χ3n) is 25.1. The van der Waals surface area contributed by atoms with E-state index in [1.165, 1.54) is 31.6 Å². The molecule has 9 aromatic heterocycles. The Hall–Kier alpha value is -17.0. The first-order valence-electron chi connectivity index (χ1n) is 44.4. The maximum atomic E-state index is 9.35. The van der Waals surface area contributed by atoms with Crippen LogP contribution in [0.25, 0.3) is 241 Å². The van der Waals surface area contributed by atoms with Gasteiger partial charge >= 0.3 is 0 Å². The zero-order valence-electron chi connectivity index (χ0n) is 73.0. The van der Waals surface area contributed by atoms with Crippen molar-refractivity contribution >= 4 is 179 Å². The summed E-state index contributed by atoms with van der Waals surface area (Å²) in [6.45, 7) is 11.6. The second kappa shape index (κ2) is 28.5. The first kappa shape index (κ1) is 67.6. The van der Waals surface area contributed by atoms with Gasteiger partial charge in [-0.1, -0.05) is 275 Å². The number of rotatable bonds is 7. The lowest BCUT2D eigenvalue weighted by atomic mass is 9.85. The first-order chi connectivity index (χ1) is 64.7. The summed E-state index contributed by atoms with van der Waals surface area (Å²) in [7, 11) is 0. The van der Waals surface area contributed by atoms with Crippen LogP contribution >= 0.6 is 11.3 Å². The van der Waals surface area contributed by atoms with E-state index in [1.54, 1.807) is 11.3 Å². The maximum Gasteiger partial charge on any atom is 0.238 e. The largest absolute Gasteiger partial charge is 0.456 e. The van der Waals surface area contributed by atoms with Gasteiger partial charge in [-0.25, -0.2) is 29.8 Å². The smallest absolute Gasteiger partial charge is 0.238 e. The average Bonchev–Trinajstić information content (AvgIpc) is 1.53. The van der Waals surface area contributed by atoms with Gasteiger partial charge in [-0.3, -0.25) is 13.7 Å². The molecule has 0 spiro atoms. The molecule has 27 rings (SSSR count). The highest BCUT2D eigenvalue weighted by atomic mass is 32.1. The topological polar surface area (TPSA) is 147 Å². The molecule has 13 nitrogen and oxygen atoms in total. The Morgan fingerprint density at radius 3 is 1.44 bits per heavy atom. The molecule has 0 radical (unpaired) electrons. The molecular weight excluding hydrogens is 1580 g/mol. The number of aromatic nitrogens is 9. The van der Waals surface area contributed by atoms with Crippen LogP contribution in [0, 0.1) is 17.9 Å². The third-order valence-corrected chi connectivity index (χ3v) is 26.2. The van der Waals surface area contributed by atoms with Crippen molar-refractivity contribution in [3.8, 4) is 79.9 Å². The van der Waals surface area contributed by atoms with Gasteiger partial charge in [0.05, 0.1) is 86.3 Å². The highest BCUT2D eigenvalue weighted by Gasteiger charge is 2.40. The zero-order chi connectivity index (χ0) is 88.6. The summed E-state index contributed by atoms with van der Waals surface area (Å²) in [5.41, 5.74) is 19.1. The molecule has 0 N–H and O–H groups in total. The summed E-state index contributed by atoms with van der Waals surface area (Å²) in [5, 5.41) is 29.1. The van der Waals surface area contributed by atoms with Gasteiger partial charge in [0.25, 0.3) is 0 Å². The van der Waals surface area contributed by atoms with Crippen molar-refractivity contribution in [2.75, 3.05) is 0 Å². The Morgan fingerprint density at radius 2 is 0.843 bits per heavy atom. The van der Waals surface area contributed by atoms with E-state index in [9.17, 15) is 5.26 Å². The number of nitriles is 1. The summed E-state index contributed by atoms with van der Waals surface area (Å²) >= 11 is 1.69. The molecule has 0 aliphatic heterocycles. The van der Waals surface area contributed by atoms with Gasteiger partial charge in [0.15, 0.2) is 5.69 Å². The van der Waals surface area contributed by atoms with Gasteiger partial charge in [-0.15, -0.1) is 11.3 Å². The second-order valence-electron chi connectivity index (χ2n) is 32.6. The lowest BCUT2D eigenvalue weighted by Gasteiger charge is -2.21. The third kappa shape index (κ3) is 11.6. The average molecular weight is 1650 g/mol. The second-order valence-corrected chi connectivity index (χ2v) is 33.7. The van der Waals surface area contributed by atoms with Crippen LogP contribution in [0.15, 0.2) is 379 Å². The van der Waals surface area contributed by atoms with Crippen molar-refractivity contribution in [3.05, 3.63) is 398 Å². The number of thiophene rings is 1. The molecule has 592 valence electrons. The molecule has 9 heterocycles. The number of para-hydroxylation sites is 4. The molecule has 0 amide bonds.